The SMILES string of the molecule is CCOc1ccc(N2C(=O)C3C(O)=[NH+]c4ccccc4N3C2=O)cc1. The van der Waals surface area contributed by atoms with Crippen molar-refractivity contribution in [1.82, 2.24) is 0 Å². The van der Waals surface area contributed by atoms with E-state index >= 15 is 0 Å². The Morgan fingerprint density at radius 3 is 2.56 bits per heavy atom. The number of hydrogen-bond donors (Lipinski definition) is 2. The number of para-hydroxylation sites is 2. The number of urea groups is 1. The second-order valence-corrected chi connectivity index (χ2v) is 5.68. The van der Waals surface area contributed by atoms with Crippen LogP contribution >= 0.6 is 0 Å². The summed E-state index contributed by atoms with van der Waals surface area (Å²) in [5.41, 5.74) is 1.56. The lowest BCUT2D eigenvalue weighted by molar-refractivity contribution is -0.368. The van der Waals surface area contributed by atoms with Crippen molar-refractivity contribution in [3.8, 4) is 5.75 Å². The fourth-order valence-corrected chi connectivity index (χ4v) is 3.12. The number of hydrogen-bond acceptors (Lipinski definition) is 3. The second-order valence-electron chi connectivity index (χ2n) is 5.68. The molecule has 2 aliphatic heterocycles. The van der Waals surface area contributed by atoms with Crippen molar-refractivity contribution in [1.29, 1.82) is 0 Å². The molecule has 2 heterocycles. The molecule has 2 aliphatic rings. The number of fused-ring (bicyclic) bond motifs is 3. The minimum Gasteiger partial charge on any atom is -0.494 e. The molecule has 1 saturated heterocycles. The van der Waals surface area contributed by atoms with Crippen molar-refractivity contribution >= 4 is 34.9 Å². The van der Waals surface area contributed by atoms with E-state index in [0.29, 0.717) is 29.4 Å². The van der Waals surface area contributed by atoms with E-state index in [-0.39, 0.29) is 5.90 Å². The van der Waals surface area contributed by atoms with E-state index in [0.717, 1.165) is 4.90 Å². The molecule has 4 rings (SSSR count). The number of amides is 3. The highest BCUT2D eigenvalue weighted by Gasteiger charge is 2.55. The van der Waals surface area contributed by atoms with Crippen LogP contribution in [0.2, 0.25) is 0 Å². The smallest absolute Gasteiger partial charge is 0.372 e. The fourth-order valence-electron chi connectivity index (χ4n) is 3.12. The van der Waals surface area contributed by atoms with Crippen LogP contribution in [0.3, 0.4) is 0 Å². The number of ether oxygens (including phenoxy) is 1. The van der Waals surface area contributed by atoms with Gasteiger partial charge in [0.2, 0.25) is 11.7 Å². The molecular weight excluding hydrogens is 322 g/mol. The summed E-state index contributed by atoms with van der Waals surface area (Å²) in [5.74, 6) is -0.108. The maximum absolute atomic E-state index is 12.9. The zero-order valence-corrected chi connectivity index (χ0v) is 13.5. The van der Waals surface area contributed by atoms with E-state index in [1.807, 2.05) is 6.92 Å². The average molecular weight is 338 g/mol. The van der Waals surface area contributed by atoms with Gasteiger partial charge in [0.05, 0.1) is 12.3 Å². The maximum Gasteiger partial charge on any atom is 0.372 e. The van der Waals surface area contributed by atoms with Gasteiger partial charge in [0, 0.05) is 6.07 Å². The van der Waals surface area contributed by atoms with Gasteiger partial charge in [-0.2, -0.15) is 4.99 Å². The Hall–Kier alpha value is -3.35. The third kappa shape index (κ3) is 2.24. The first-order valence-electron chi connectivity index (χ1n) is 7.93. The normalized spacial score (nSPS) is 18.8. The zero-order chi connectivity index (χ0) is 17.6. The van der Waals surface area contributed by atoms with E-state index in [1.54, 1.807) is 48.5 Å². The highest BCUT2D eigenvalue weighted by atomic mass is 16.5. The lowest BCUT2D eigenvalue weighted by Crippen LogP contribution is -2.74. The molecule has 126 valence electrons. The lowest BCUT2D eigenvalue weighted by Gasteiger charge is -2.21. The van der Waals surface area contributed by atoms with Gasteiger partial charge in [0.25, 0.3) is 5.91 Å². The van der Waals surface area contributed by atoms with Crippen molar-refractivity contribution in [3.05, 3.63) is 48.5 Å². The summed E-state index contributed by atoms with van der Waals surface area (Å²) in [7, 11) is 0. The van der Waals surface area contributed by atoms with Crippen LogP contribution in [-0.4, -0.2) is 35.6 Å². The molecule has 0 radical (unpaired) electrons. The fraction of sp³-hybridized carbons (Fsp3) is 0.167. The van der Waals surface area contributed by atoms with Crippen LogP contribution in [0.1, 0.15) is 6.92 Å². The summed E-state index contributed by atoms with van der Waals surface area (Å²) >= 11 is 0. The molecule has 0 saturated carbocycles. The van der Waals surface area contributed by atoms with E-state index in [4.69, 9.17) is 4.74 Å². The number of imide groups is 1. The van der Waals surface area contributed by atoms with Crippen LogP contribution in [0.25, 0.3) is 0 Å². The van der Waals surface area contributed by atoms with Crippen molar-refractivity contribution in [2.75, 3.05) is 16.4 Å². The molecule has 0 aromatic heterocycles. The van der Waals surface area contributed by atoms with Crippen LogP contribution < -0.4 is 19.5 Å². The number of rotatable bonds is 3. The zero-order valence-electron chi connectivity index (χ0n) is 13.5. The minimum atomic E-state index is -1.08. The summed E-state index contributed by atoms with van der Waals surface area (Å²) in [6, 6.07) is 12.1. The Balaban J connectivity index is 1.75. The molecule has 1 unspecified atom stereocenters. The average Bonchev–Trinajstić information content (AvgIpc) is 2.88. The highest BCUT2D eigenvalue weighted by Crippen LogP contribution is 2.34. The van der Waals surface area contributed by atoms with Crippen molar-refractivity contribution in [2.24, 2.45) is 0 Å². The standard InChI is InChI=1S/C18H15N3O4/c1-2-25-12-9-7-11(8-10-12)20-17(23)15-16(22)19-13-5-3-4-6-14(13)21(15)18(20)24/h3-10,15H,2H2,1H3,(H,19,22)/p+1. The molecule has 3 amide bonds. The quantitative estimate of drug-likeness (QED) is 0.821. The number of carbonyl (C=O) groups excluding carboxylic acids is 2. The third-order valence-corrected chi connectivity index (χ3v) is 4.20. The van der Waals surface area contributed by atoms with Crippen LogP contribution in [0.4, 0.5) is 21.9 Å². The Bertz CT molecular complexity index is 891. The van der Waals surface area contributed by atoms with Gasteiger partial charge in [0.15, 0.2) is 0 Å². The predicted octanol–water partition coefficient (Wildman–Crippen LogP) is 1.11. The van der Waals surface area contributed by atoms with Crippen LogP contribution in [0.5, 0.6) is 5.75 Å². The molecule has 7 heteroatoms. The van der Waals surface area contributed by atoms with Crippen molar-refractivity contribution < 1.29 is 24.4 Å². The Kier molecular flexibility index (Phi) is 3.42. The summed E-state index contributed by atoms with van der Waals surface area (Å²) in [5, 5.41) is 10.2. The Morgan fingerprint density at radius 2 is 1.84 bits per heavy atom. The van der Waals surface area contributed by atoms with Crippen LogP contribution in [0, 0.1) is 0 Å². The first-order chi connectivity index (χ1) is 12.1. The summed E-state index contributed by atoms with van der Waals surface area (Å²) in [6.07, 6.45) is 0. The summed E-state index contributed by atoms with van der Waals surface area (Å²) < 4.78 is 5.38. The van der Waals surface area contributed by atoms with Gasteiger partial charge in [-0.3, -0.25) is 9.69 Å². The molecule has 2 aromatic carbocycles. The molecule has 2 N–H and O–H groups in total. The predicted molar refractivity (Wildman–Crippen MR) is 91.5 cm³/mol. The number of aliphatic hydroxyl groups excluding tert-OH is 1. The molecule has 1 atom stereocenters. The molecule has 2 aromatic rings. The number of aliphatic hydroxyl groups is 1. The van der Waals surface area contributed by atoms with Gasteiger partial charge in [-0.1, -0.05) is 12.1 Å². The first-order valence-corrected chi connectivity index (χ1v) is 7.93. The van der Waals surface area contributed by atoms with E-state index in [2.05, 4.69) is 4.99 Å². The Labute approximate surface area is 143 Å². The van der Waals surface area contributed by atoms with E-state index < -0.39 is 18.0 Å². The Morgan fingerprint density at radius 1 is 1.12 bits per heavy atom. The van der Waals surface area contributed by atoms with Gasteiger partial charge >= 0.3 is 11.9 Å². The van der Waals surface area contributed by atoms with Crippen LogP contribution in [-0.2, 0) is 4.79 Å². The van der Waals surface area contributed by atoms with Gasteiger partial charge in [-0.05, 0) is 37.3 Å². The summed E-state index contributed by atoms with van der Waals surface area (Å²) in [6.45, 7) is 2.41. The van der Waals surface area contributed by atoms with Gasteiger partial charge < -0.3 is 9.84 Å². The molecule has 0 aliphatic carbocycles. The first kappa shape index (κ1) is 15.2. The topological polar surface area (TPSA) is 84.0 Å². The molecule has 25 heavy (non-hydrogen) atoms. The summed E-state index contributed by atoms with van der Waals surface area (Å²) in [4.78, 5) is 30.9. The third-order valence-electron chi connectivity index (χ3n) is 4.20. The molecule has 7 nitrogen and oxygen atoms in total. The molecule has 1 fully saturated rings. The van der Waals surface area contributed by atoms with E-state index in [1.165, 1.54) is 4.90 Å². The van der Waals surface area contributed by atoms with Crippen molar-refractivity contribution in [2.45, 2.75) is 13.0 Å². The molecule has 0 spiro atoms. The van der Waals surface area contributed by atoms with Crippen molar-refractivity contribution in [3.63, 3.8) is 0 Å². The number of benzene rings is 2. The number of nitrogens with one attached hydrogen (secondary N) is 1. The van der Waals surface area contributed by atoms with Crippen LogP contribution in [0.15, 0.2) is 48.5 Å². The van der Waals surface area contributed by atoms with Gasteiger partial charge in [-0.25, -0.2) is 9.69 Å². The monoisotopic (exact) mass is 338 g/mol. The highest BCUT2D eigenvalue weighted by molar-refractivity contribution is 6.34. The molecule has 0 bridgehead atoms. The lowest BCUT2D eigenvalue weighted by atomic mass is 10.1. The number of carbonyl (C=O) groups is 2. The minimum absolute atomic E-state index is 0.259. The number of nitrogens with zero attached hydrogens (tertiary/aromatic N) is 2. The van der Waals surface area contributed by atoms with Gasteiger partial charge in [0.1, 0.15) is 11.4 Å². The van der Waals surface area contributed by atoms with E-state index in [9.17, 15) is 14.7 Å². The largest absolute Gasteiger partial charge is 0.494 e. The molecular formula is C18H16N3O4+. The second kappa shape index (κ2) is 5.62. The van der Waals surface area contributed by atoms with Gasteiger partial charge in [-0.15, -0.1) is 0 Å². The maximum atomic E-state index is 12.9. The number of anilines is 2.